The van der Waals surface area contributed by atoms with Crippen molar-refractivity contribution in [2.75, 3.05) is 0 Å². The van der Waals surface area contributed by atoms with Crippen LogP contribution in [0, 0.1) is 0 Å². The second-order valence-electron chi connectivity index (χ2n) is 9.50. The van der Waals surface area contributed by atoms with Gasteiger partial charge in [-0.2, -0.15) is 26.3 Å². The normalized spacial score (nSPS) is 15.9. The smallest absolute Gasteiger partial charge is 0.344 e. The van der Waals surface area contributed by atoms with E-state index in [-0.39, 0.29) is 28.1 Å². The van der Waals surface area contributed by atoms with Gasteiger partial charge >= 0.3 is 12.4 Å². The molecule has 1 heterocycles. The Hall–Kier alpha value is -2.33. The first-order chi connectivity index (χ1) is 16.1. The highest BCUT2D eigenvalue weighted by Gasteiger charge is 2.44. The first-order valence-electron chi connectivity index (χ1n) is 11.1. The molecule has 0 aliphatic carbocycles. The van der Waals surface area contributed by atoms with Crippen molar-refractivity contribution in [3.63, 3.8) is 0 Å². The average molecular weight is 519 g/mol. The fourth-order valence-corrected chi connectivity index (χ4v) is 4.64. The Kier molecular flexibility index (Phi) is 7.49. The van der Waals surface area contributed by atoms with Crippen molar-refractivity contribution in [3.05, 3.63) is 59.8 Å². The molecule has 35 heavy (non-hydrogen) atoms. The maximum absolute atomic E-state index is 14.2. The number of rotatable bonds is 6. The zero-order valence-electron chi connectivity index (χ0n) is 20.0. The third kappa shape index (κ3) is 5.74. The van der Waals surface area contributed by atoms with Gasteiger partial charge in [-0.05, 0) is 57.4 Å². The molecule has 0 radical (unpaired) electrons. The third-order valence-electron chi connectivity index (χ3n) is 5.89. The van der Waals surface area contributed by atoms with Crippen molar-refractivity contribution in [1.29, 1.82) is 0 Å². The van der Waals surface area contributed by atoms with Crippen LogP contribution < -0.4 is 4.72 Å². The lowest BCUT2D eigenvalue weighted by molar-refractivity contribution is -0.152. The molecule has 0 saturated carbocycles. The van der Waals surface area contributed by atoms with Crippen molar-refractivity contribution >= 4 is 21.9 Å². The Morgan fingerprint density at radius 3 is 2.17 bits per heavy atom. The molecule has 0 amide bonds. The number of nitrogens with zero attached hydrogens (tertiary/aromatic N) is 1. The fourth-order valence-electron chi connectivity index (χ4n) is 3.81. The number of nitrogens with one attached hydrogen (secondary N) is 1. The summed E-state index contributed by atoms with van der Waals surface area (Å²) >= 11 is 0. The predicted octanol–water partition coefficient (Wildman–Crippen LogP) is 7.95. The van der Waals surface area contributed by atoms with Crippen LogP contribution >= 0.6 is 0 Å². The predicted molar refractivity (Wildman–Crippen MR) is 127 cm³/mol. The van der Waals surface area contributed by atoms with Crippen molar-refractivity contribution in [2.24, 2.45) is 0 Å². The Balaban J connectivity index is 2.25. The monoisotopic (exact) mass is 518 g/mol. The van der Waals surface area contributed by atoms with Crippen LogP contribution in [0.15, 0.2) is 48.7 Å². The fraction of sp³-hybridized carbons (Fsp3) is 0.440. The van der Waals surface area contributed by atoms with E-state index in [2.05, 4.69) is 4.72 Å². The molecular weight excluding hydrogens is 490 g/mol. The van der Waals surface area contributed by atoms with E-state index in [0.717, 1.165) is 6.07 Å². The van der Waals surface area contributed by atoms with Gasteiger partial charge in [-0.25, -0.2) is 8.93 Å². The molecule has 3 rings (SSSR count). The zero-order chi connectivity index (χ0) is 26.3. The standard InChI is InChI=1S/C25H28F6N2OS/c1-6-15(2)33-14-19(22(25(29,30)31)32-35(34)23(3,4)5)18-12-11-16(13-21(18)33)17-9-7-8-10-20(17)24(26,27)28/h7-15,22,32H,6H2,1-5H3/t15?,22-,35-/m0/s1. The summed E-state index contributed by atoms with van der Waals surface area (Å²) < 4.78 is 98.8. The quantitative estimate of drug-likeness (QED) is 0.330. The second kappa shape index (κ2) is 9.61. The largest absolute Gasteiger partial charge is 0.417 e. The van der Waals surface area contributed by atoms with E-state index in [1.165, 1.54) is 42.6 Å². The Morgan fingerprint density at radius 2 is 1.63 bits per heavy atom. The van der Waals surface area contributed by atoms with Gasteiger partial charge in [0.2, 0.25) is 0 Å². The molecular formula is C25H28F6N2OS. The number of hydrogen-bond donors (Lipinski definition) is 1. The Morgan fingerprint density at radius 1 is 1.00 bits per heavy atom. The summed E-state index contributed by atoms with van der Waals surface area (Å²) in [5.41, 5.74) is -0.381. The Labute approximate surface area is 203 Å². The molecule has 0 spiro atoms. The van der Waals surface area contributed by atoms with E-state index in [0.29, 0.717) is 11.9 Å². The lowest BCUT2D eigenvalue weighted by Gasteiger charge is -2.26. The molecule has 0 fully saturated rings. The van der Waals surface area contributed by atoms with Crippen molar-refractivity contribution in [3.8, 4) is 11.1 Å². The van der Waals surface area contributed by atoms with E-state index >= 15 is 0 Å². The molecule has 3 atom stereocenters. The van der Waals surface area contributed by atoms with Gasteiger partial charge in [-0.15, -0.1) is 0 Å². The van der Waals surface area contributed by atoms with E-state index in [1.54, 1.807) is 25.3 Å². The maximum Gasteiger partial charge on any atom is 0.417 e. The lowest BCUT2D eigenvalue weighted by atomic mass is 9.97. The summed E-state index contributed by atoms with van der Waals surface area (Å²) in [7, 11) is -2.01. The number of halogens is 6. The number of benzene rings is 2. The van der Waals surface area contributed by atoms with Crippen molar-refractivity contribution < 1.29 is 30.6 Å². The van der Waals surface area contributed by atoms with Crippen molar-refractivity contribution in [1.82, 2.24) is 9.29 Å². The zero-order valence-corrected chi connectivity index (χ0v) is 20.8. The topological polar surface area (TPSA) is 34.0 Å². The molecule has 2 aromatic carbocycles. The first kappa shape index (κ1) is 27.3. The van der Waals surface area contributed by atoms with Gasteiger partial charge < -0.3 is 4.57 Å². The number of alkyl halides is 6. The van der Waals surface area contributed by atoms with Crippen LogP contribution in [-0.2, 0) is 17.2 Å². The molecule has 0 saturated heterocycles. The SMILES string of the molecule is CCC(C)n1cc([C@H](N[S@@](=O)C(C)(C)C)C(F)(F)F)c2ccc(-c3ccccc3C(F)(F)F)cc21. The van der Waals surface area contributed by atoms with Crippen LogP contribution in [0.3, 0.4) is 0 Å². The van der Waals surface area contributed by atoms with E-state index < -0.39 is 39.7 Å². The van der Waals surface area contributed by atoms with E-state index in [1.807, 2.05) is 13.8 Å². The highest BCUT2D eigenvalue weighted by Crippen LogP contribution is 2.42. The van der Waals surface area contributed by atoms with E-state index in [9.17, 15) is 30.6 Å². The highest BCUT2D eigenvalue weighted by molar-refractivity contribution is 7.84. The highest BCUT2D eigenvalue weighted by atomic mass is 32.2. The van der Waals surface area contributed by atoms with Gasteiger partial charge in [0.15, 0.2) is 0 Å². The average Bonchev–Trinajstić information content (AvgIpc) is 3.13. The minimum absolute atomic E-state index is 0.0558. The summed E-state index contributed by atoms with van der Waals surface area (Å²) in [5, 5.41) is 0.235. The molecule has 10 heteroatoms. The molecule has 0 aliphatic rings. The molecule has 0 aliphatic heterocycles. The molecule has 1 unspecified atom stereocenters. The molecule has 192 valence electrons. The van der Waals surface area contributed by atoms with Gasteiger partial charge in [-0.1, -0.05) is 37.3 Å². The minimum Gasteiger partial charge on any atom is -0.344 e. The van der Waals surface area contributed by atoms with Gasteiger partial charge in [0.25, 0.3) is 0 Å². The summed E-state index contributed by atoms with van der Waals surface area (Å²) in [6.07, 6.45) is -7.39. The van der Waals surface area contributed by atoms with Gasteiger partial charge in [-0.3, -0.25) is 0 Å². The number of fused-ring (bicyclic) bond motifs is 1. The van der Waals surface area contributed by atoms with Crippen LogP contribution in [-0.4, -0.2) is 19.7 Å². The van der Waals surface area contributed by atoms with Gasteiger partial charge in [0.1, 0.15) is 6.04 Å². The number of aromatic nitrogens is 1. The molecule has 0 bridgehead atoms. The van der Waals surface area contributed by atoms with Crippen LogP contribution in [0.4, 0.5) is 26.3 Å². The van der Waals surface area contributed by atoms with Crippen LogP contribution in [0.5, 0.6) is 0 Å². The molecule has 3 aromatic rings. The van der Waals surface area contributed by atoms with Crippen LogP contribution in [0.1, 0.15) is 64.3 Å². The van der Waals surface area contributed by atoms with Gasteiger partial charge in [0, 0.05) is 28.7 Å². The Bertz CT molecular complexity index is 1220. The van der Waals surface area contributed by atoms with Crippen LogP contribution in [0.25, 0.3) is 22.0 Å². The number of hydrogen-bond acceptors (Lipinski definition) is 1. The summed E-state index contributed by atoms with van der Waals surface area (Å²) in [5.74, 6) is 0. The van der Waals surface area contributed by atoms with Crippen LogP contribution in [0.2, 0.25) is 0 Å². The maximum atomic E-state index is 14.2. The van der Waals surface area contributed by atoms with Crippen molar-refractivity contribution in [2.45, 2.75) is 70.2 Å². The summed E-state index contributed by atoms with van der Waals surface area (Å²) in [6.45, 7) is 8.39. The molecule has 1 aromatic heterocycles. The van der Waals surface area contributed by atoms with Gasteiger partial charge in [0.05, 0.1) is 21.3 Å². The lowest BCUT2D eigenvalue weighted by Crippen LogP contribution is -2.41. The summed E-state index contributed by atoms with van der Waals surface area (Å²) in [4.78, 5) is 0. The second-order valence-corrected chi connectivity index (χ2v) is 11.5. The first-order valence-corrected chi connectivity index (χ1v) is 12.3. The summed E-state index contributed by atoms with van der Waals surface area (Å²) in [6, 6.07) is 6.95. The minimum atomic E-state index is -4.75. The molecule has 1 N–H and O–H groups in total. The molecule has 3 nitrogen and oxygen atoms in total. The third-order valence-corrected chi connectivity index (χ3v) is 7.46. The van der Waals surface area contributed by atoms with E-state index in [4.69, 9.17) is 0 Å².